The second kappa shape index (κ2) is 4.51. The number of aromatic nitrogens is 2. The number of β-amino-alcohol motifs (C(OH)–C–C–N with tert-alkyl or cyclic N) is 1. The van der Waals surface area contributed by atoms with Crippen LogP contribution in [0.15, 0.2) is 4.42 Å². The van der Waals surface area contributed by atoms with Crippen molar-refractivity contribution in [3.05, 3.63) is 11.8 Å². The third-order valence-electron chi connectivity index (χ3n) is 3.02. The third kappa shape index (κ3) is 2.49. The Morgan fingerprint density at radius 3 is 2.56 bits per heavy atom. The smallest absolute Gasteiger partial charge is 0.418 e. The molecule has 0 saturated carbocycles. The Morgan fingerprint density at radius 1 is 1.39 bits per heavy atom. The molecule has 1 unspecified atom stereocenters. The van der Waals surface area contributed by atoms with Gasteiger partial charge in [-0.15, -0.1) is 10.2 Å². The molecule has 1 aliphatic heterocycles. The highest BCUT2D eigenvalue weighted by molar-refractivity contribution is 4.97. The van der Waals surface area contributed by atoms with Crippen molar-refractivity contribution in [3.8, 4) is 0 Å². The van der Waals surface area contributed by atoms with Gasteiger partial charge in [-0.25, -0.2) is 0 Å². The van der Waals surface area contributed by atoms with Gasteiger partial charge in [-0.3, -0.25) is 4.90 Å². The second-order valence-electron chi connectivity index (χ2n) is 4.43. The highest BCUT2D eigenvalue weighted by Crippen LogP contribution is 2.37. The van der Waals surface area contributed by atoms with E-state index in [0.717, 1.165) is 0 Å². The van der Waals surface area contributed by atoms with E-state index in [-0.39, 0.29) is 25.4 Å². The van der Waals surface area contributed by atoms with Crippen molar-refractivity contribution in [2.75, 3.05) is 13.1 Å². The molecule has 0 aromatic carbocycles. The van der Waals surface area contributed by atoms with Gasteiger partial charge in [0.1, 0.15) is 0 Å². The largest absolute Gasteiger partial charge is 0.424 e. The van der Waals surface area contributed by atoms with Crippen LogP contribution >= 0.6 is 0 Å². The molecule has 1 saturated heterocycles. The molecule has 2 heterocycles. The Bertz CT molecular complexity index is 421. The Labute approximate surface area is 102 Å². The lowest BCUT2D eigenvalue weighted by Gasteiger charge is -2.25. The summed E-state index contributed by atoms with van der Waals surface area (Å²) in [6.07, 6.45) is -4.35. The Balaban J connectivity index is 1.97. The third-order valence-corrected chi connectivity index (χ3v) is 3.02. The van der Waals surface area contributed by atoms with E-state index in [9.17, 15) is 18.3 Å². The van der Waals surface area contributed by atoms with Gasteiger partial charge in [0.05, 0.1) is 6.54 Å². The fourth-order valence-electron chi connectivity index (χ4n) is 1.92. The average molecular weight is 265 g/mol. The molecule has 8 heteroatoms. The second-order valence-corrected chi connectivity index (χ2v) is 4.43. The number of halogens is 3. The molecule has 102 valence electrons. The molecule has 1 fully saturated rings. The van der Waals surface area contributed by atoms with Crippen LogP contribution in [-0.2, 0) is 13.0 Å². The van der Waals surface area contributed by atoms with Crippen molar-refractivity contribution in [1.29, 1.82) is 0 Å². The SMILES string of the molecule is CCc1nnc(CN2CCC(O)(C(F)(F)F)C2)o1. The number of aryl methyl sites for hydroxylation is 1. The number of hydrogen-bond donors (Lipinski definition) is 1. The van der Waals surface area contributed by atoms with Crippen LogP contribution in [0.5, 0.6) is 0 Å². The Morgan fingerprint density at radius 2 is 2.06 bits per heavy atom. The fraction of sp³-hybridized carbons (Fsp3) is 0.800. The van der Waals surface area contributed by atoms with E-state index in [1.165, 1.54) is 4.90 Å². The zero-order valence-corrected chi connectivity index (χ0v) is 9.87. The molecule has 0 bridgehead atoms. The monoisotopic (exact) mass is 265 g/mol. The molecular formula is C10H14F3N3O2. The van der Waals surface area contributed by atoms with Gasteiger partial charge in [0.2, 0.25) is 11.8 Å². The molecule has 1 aromatic rings. The summed E-state index contributed by atoms with van der Waals surface area (Å²) in [5.74, 6) is 0.730. The van der Waals surface area contributed by atoms with Gasteiger partial charge in [-0.05, 0) is 6.42 Å². The Hall–Kier alpha value is -1.15. The molecule has 18 heavy (non-hydrogen) atoms. The zero-order chi connectivity index (χ0) is 13.4. The first-order chi connectivity index (χ1) is 8.34. The van der Waals surface area contributed by atoms with E-state index in [2.05, 4.69) is 10.2 Å². The van der Waals surface area contributed by atoms with Crippen molar-refractivity contribution < 1.29 is 22.7 Å². The van der Waals surface area contributed by atoms with Crippen molar-refractivity contribution in [2.45, 2.75) is 38.1 Å². The van der Waals surface area contributed by atoms with Crippen LogP contribution in [0.2, 0.25) is 0 Å². The molecule has 1 N–H and O–H groups in total. The maximum Gasteiger partial charge on any atom is 0.418 e. The normalized spacial score (nSPS) is 25.8. The van der Waals surface area contributed by atoms with Gasteiger partial charge in [-0.1, -0.05) is 6.92 Å². The van der Waals surface area contributed by atoms with Crippen molar-refractivity contribution in [3.63, 3.8) is 0 Å². The van der Waals surface area contributed by atoms with E-state index in [1.807, 2.05) is 6.92 Å². The highest BCUT2D eigenvalue weighted by atomic mass is 19.4. The zero-order valence-electron chi connectivity index (χ0n) is 9.87. The van der Waals surface area contributed by atoms with E-state index >= 15 is 0 Å². The van der Waals surface area contributed by atoms with Crippen LogP contribution in [0, 0.1) is 0 Å². The van der Waals surface area contributed by atoms with Crippen LogP contribution in [0.4, 0.5) is 13.2 Å². The molecule has 0 radical (unpaired) electrons. The summed E-state index contributed by atoms with van der Waals surface area (Å²) >= 11 is 0. The number of likely N-dealkylation sites (tertiary alicyclic amines) is 1. The molecule has 5 nitrogen and oxygen atoms in total. The van der Waals surface area contributed by atoms with Gasteiger partial charge in [0.25, 0.3) is 0 Å². The number of alkyl halides is 3. The van der Waals surface area contributed by atoms with E-state index in [0.29, 0.717) is 12.3 Å². The van der Waals surface area contributed by atoms with E-state index < -0.39 is 18.3 Å². The van der Waals surface area contributed by atoms with E-state index in [4.69, 9.17) is 4.42 Å². The maximum absolute atomic E-state index is 12.6. The standard InChI is InChI=1S/C10H14F3N3O2/c1-2-7-14-15-8(18-7)5-16-4-3-9(17,6-16)10(11,12)13/h17H,2-6H2,1H3. The van der Waals surface area contributed by atoms with Crippen LogP contribution < -0.4 is 0 Å². The Kier molecular flexibility index (Phi) is 3.33. The highest BCUT2D eigenvalue weighted by Gasteiger charge is 2.57. The van der Waals surface area contributed by atoms with Crippen LogP contribution in [0.25, 0.3) is 0 Å². The average Bonchev–Trinajstić information content (AvgIpc) is 2.86. The number of hydrogen-bond acceptors (Lipinski definition) is 5. The predicted molar refractivity (Wildman–Crippen MR) is 54.6 cm³/mol. The summed E-state index contributed by atoms with van der Waals surface area (Å²) in [6.45, 7) is 1.67. The van der Waals surface area contributed by atoms with Crippen molar-refractivity contribution >= 4 is 0 Å². The number of aliphatic hydroxyl groups is 1. The van der Waals surface area contributed by atoms with Gasteiger partial charge < -0.3 is 9.52 Å². The predicted octanol–water partition coefficient (Wildman–Crippen LogP) is 1.13. The first-order valence-corrected chi connectivity index (χ1v) is 5.67. The van der Waals surface area contributed by atoms with Crippen molar-refractivity contribution in [1.82, 2.24) is 15.1 Å². The lowest BCUT2D eigenvalue weighted by molar-refractivity contribution is -0.254. The van der Waals surface area contributed by atoms with Gasteiger partial charge in [0.15, 0.2) is 5.60 Å². The first kappa shape index (κ1) is 13.3. The molecule has 0 aliphatic carbocycles. The summed E-state index contributed by atoms with van der Waals surface area (Å²) in [5, 5.41) is 17.0. The molecule has 0 spiro atoms. The summed E-state index contributed by atoms with van der Waals surface area (Å²) in [6, 6.07) is 0. The number of nitrogens with zero attached hydrogens (tertiary/aromatic N) is 3. The number of rotatable bonds is 3. The molecular weight excluding hydrogens is 251 g/mol. The molecule has 1 aromatic heterocycles. The fourth-order valence-corrected chi connectivity index (χ4v) is 1.92. The summed E-state index contributed by atoms with van der Waals surface area (Å²) in [5.41, 5.74) is -2.62. The van der Waals surface area contributed by atoms with Crippen LogP contribution in [-0.4, -0.2) is 45.1 Å². The van der Waals surface area contributed by atoms with Crippen LogP contribution in [0.3, 0.4) is 0 Å². The van der Waals surface area contributed by atoms with Gasteiger partial charge >= 0.3 is 6.18 Å². The first-order valence-electron chi connectivity index (χ1n) is 5.67. The summed E-state index contributed by atoms with van der Waals surface area (Å²) in [7, 11) is 0. The quantitative estimate of drug-likeness (QED) is 0.887. The summed E-state index contributed by atoms with van der Waals surface area (Å²) in [4.78, 5) is 1.46. The lowest BCUT2D eigenvalue weighted by Crippen LogP contribution is -2.47. The topological polar surface area (TPSA) is 62.4 Å². The van der Waals surface area contributed by atoms with Gasteiger partial charge in [0, 0.05) is 19.5 Å². The molecule has 1 aliphatic rings. The molecule has 0 amide bonds. The lowest BCUT2D eigenvalue weighted by atomic mass is 10.0. The van der Waals surface area contributed by atoms with Crippen LogP contribution in [0.1, 0.15) is 25.1 Å². The van der Waals surface area contributed by atoms with Crippen molar-refractivity contribution in [2.24, 2.45) is 0 Å². The van der Waals surface area contributed by atoms with Gasteiger partial charge in [-0.2, -0.15) is 13.2 Å². The van der Waals surface area contributed by atoms with E-state index in [1.54, 1.807) is 0 Å². The minimum absolute atomic E-state index is 0.130. The molecule has 2 rings (SSSR count). The minimum Gasteiger partial charge on any atom is -0.424 e. The molecule has 1 atom stereocenters. The maximum atomic E-state index is 12.6. The minimum atomic E-state index is -4.61. The summed E-state index contributed by atoms with van der Waals surface area (Å²) < 4.78 is 43.0.